The van der Waals surface area contributed by atoms with E-state index in [0.717, 1.165) is 24.9 Å². The van der Waals surface area contributed by atoms with Crippen molar-refractivity contribution in [3.8, 4) is 0 Å². The van der Waals surface area contributed by atoms with Gasteiger partial charge in [-0.3, -0.25) is 4.79 Å². The minimum atomic E-state index is -0.642. The molecule has 2 fully saturated rings. The third-order valence-electron chi connectivity index (χ3n) is 4.15. The highest BCUT2D eigenvalue weighted by atomic mass is 16.4. The number of rotatable bonds is 4. The van der Waals surface area contributed by atoms with Crippen LogP contribution in [0.3, 0.4) is 0 Å². The molecule has 3 heteroatoms. The standard InChI is InChI=1S/C13H23NO2/c1-10-2-4-11(5-3-10)7-14-8-12(9-14)6-13(15)16/h10-12H,2-9H2,1H3,(H,15,16). The van der Waals surface area contributed by atoms with Gasteiger partial charge in [-0.15, -0.1) is 0 Å². The molecule has 0 radical (unpaired) electrons. The van der Waals surface area contributed by atoms with Crippen LogP contribution in [0.1, 0.15) is 39.0 Å². The second-order valence-corrected chi connectivity index (χ2v) is 5.81. The Morgan fingerprint density at radius 2 is 1.81 bits per heavy atom. The summed E-state index contributed by atoms with van der Waals surface area (Å²) in [6.45, 7) is 5.59. The van der Waals surface area contributed by atoms with E-state index in [1.165, 1.54) is 32.2 Å². The maximum absolute atomic E-state index is 10.5. The third-order valence-corrected chi connectivity index (χ3v) is 4.15. The van der Waals surface area contributed by atoms with Crippen molar-refractivity contribution in [2.45, 2.75) is 39.0 Å². The molecule has 3 nitrogen and oxygen atoms in total. The second-order valence-electron chi connectivity index (χ2n) is 5.81. The Bertz CT molecular complexity index is 240. The number of hydrogen-bond acceptors (Lipinski definition) is 2. The number of aliphatic carboxylic acids is 1. The number of carboxylic acids is 1. The zero-order valence-electron chi connectivity index (χ0n) is 10.2. The molecule has 92 valence electrons. The molecule has 0 unspecified atom stereocenters. The van der Waals surface area contributed by atoms with Gasteiger partial charge >= 0.3 is 5.97 Å². The fourth-order valence-electron chi connectivity index (χ4n) is 3.08. The van der Waals surface area contributed by atoms with E-state index in [1.54, 1.807) is 0 Å². The summed E-state index contributed by atoms with van der Waals surface area (Å²) >= 11 is 0. The Labute approximate surface area is 97.8 Å². The van der Waals surface area contributed by atoms with Crippen LogP contribution in [0.2, 0.25) is 0 Å². The van der Waals surface area contributed by atoms with Crippen LogP contribution in [0.5, 0.6) is 0 Å². The summed E-state index contributed by atoms with van der Waals surface area (Å²) in [7, 11) is 0. The zero-order valence-corrected chi connectivity index (χ0v) is 10.2. The van der Waals surface area contributed by atoms with Gasteiger partial charge in [0.05, 0.1) is 6.42 Å². The van der Waals surface area contributed by atoms with Crippen LogP contribution in [-0.2, 0) is 4.79 Å². The van der Waals surface area contributed by atoms with Crippen LogP contribution in [-0.4, -0.2) is 35.6 Å². The number of carboxylic acid groups (broad SMARTS) is 1. The Kier molecular flexibility index (Phi) is 3.85. The van der Waals surface area contributed by atoms with Gasteiger partial charge in [0, 0.05) is 19.6 Å². The van der Waals surface area contributed by atoms with Crippen LogP contribution in [0.4, 0.5) is 0 Å². The topological polar surface area (TPSA) is 40.5 Å². The molecule has 16 heavy (non-hydrogen) atoms. The van der Waals surface area contributed by atoms with Crippen LogP contribution in [0.15, 0.2) is 0 Å². The van der Waals surface area contributed by atoms with E-state index in [1.807, 2.05) is 0 Å². The highest BCUT2D eigenvalue weighted by molar-refractivity contribution is 5.67. The summed E-state index contributed by atoms with van der Waals surface area (Å²) in [6, 6.07) is 0. The lowest BCUT2D eigenvalue weighted by Gasteiger charge is -2.41. The fourth-order valence-corrected chi connectivity index (χ4v) is 3.08. The lowest BCUT2D eigenvalue weighted by molar-refractivity contribution is -0.139. The molecule has 0 atom stereocenters. The van der Waals surface area contributed by atoms with Crippen LogP contribution < -0.4 is 0 Å². The molecule has 2 rings (SSSR count). The van der Waals surface area contributed by atoms with Crippen LogP contribution in [0.25, 0.3) is 0 Å². The number of hydrogen-bond donors (Lipinski definition) is 1. The average Bonchev–Trinajstić information content (AvgIpc) is 2.17. The summed E-state index contributed by atoms with van der Waals surface area (Å²) < 4.78 is 0. The summed E-state index contributed by atoms with van der Waals surface area (Å²) in [6.07, 6.45) is 5.88. The fraction of sp³-hybridized carbons (Fsp3) is 0.923. The molecular formula is C13H23NO2. The normalized spacial score (nSPS) is 32.3. The summed E-state index contributed by atoms with van der Waals surface area (Å²) in [5, 5.41) is 8.67. The van der Waals surface area contributed by atoms with E-state index in [9.17, 15) is 4.79 Å². The first kappa shape index (κ1) is 11.9. The SMILES string of the molecule is CC1CCC(CN2CC(CC(=O)O)C2)CC1. The van der Waals surface area contributed by atoms with E-state index in [0.29, 0.717) is 12.3 Å². The van der Waals surface area contributed by atoms with Gasteiger partial charge in [0.2, 0.25) is 0 Å². The molecule has 1 saturated carbocycles. The average molecular weight is 225 g/mol. The molecule has 0 aromatic carbocycles. The van der Waals surface area contributed by atoms with E-state index < -0.39 is 5.97 Å². The quantitative estimate of drug-likeness (QED) is 0.797. The molecule has 1 heterocycles. The molecule has 0 bridgehead atoms. The van der Waals surface area contributed by atoms with E-state index in [-0.39, 0.29) is 0 Å². The molecule has 2 aliphatic rings. The molecule has 0 aromatic heterocycles. The maximum Gasteiger partial charge on any atom is 0.303 e. The van der Waals surface area contributed by atoms with Gasteiger partial charge in [-0.05, 0) is 30.6 Å². The Morgan fingerprint density at radius 3 is 2.38 bits per heavy atom. The Morgan fingerprint density at radius 1 is 1.19 bits per heavy atom. The predicted molar refractivity (Wildman–Crippen MR) is 63.3 cm³/mol. The molecule has 1 N–H and O–H groups in total. The van der Waals surface area contributed by atoms with Crippen molar-refractivity contribution in [3.63, 3.8) is 0 Å². The van der Waals surface area contributed by atoms with Crippen LogP contribution in [0, 0.1) is 17.8 Å². The van der Waals surface area contributed by atoms with Gasteiger partial charge in [-0.25, -0.2) is 0 Å². The van der Waals surface area contributed by atoms with Gasteiger partial charge in [0.1, 0.15) is 0 Å². The van der Waals surface area contributed by atoms with Gasteiger partial charge in [0.15, 0.2) is 0 Å². The van der Waals surface area contributed by atoms with E-state index in [4.69, 9.17) is 5.11 Å². The van der Waals surface area contributed by atoms with Crippen LogP contribution >= 0.6 is 0 Å². The molecule has 0 amide bonds. The monoisotopic (exact) mass is 225 g/mol. The van der Waals surface area contributed by atoms with Crippen molar-refractivity contribution >= 4 is 5.97 Å². The highest BCUT2D eigenvalue weighted by Gasteiger charge is 2.30. The first-order chi connectivity index (χ1) is 7.63. The van der Waals surface area contributed by atoms with Crippen molar-refractivity contribution in [2.75, 3.05) is 19.6 Å². The lowest BCUT2D eigenvalue weighted by Crippen LogP contribution is -2.49. The summed E-state index contributed by atoms with van der Waals surface area (Å²) in [5.41, 5.74) is 0. The Hall–Kier alpha value is -0.570. The minimum absolute atomic E-state index is 0.359. The first-order valence-corrected chi connectivity index (χ1v) is 6.57. The molecule has 1 aliphatic heterocycles. The first-order valence-electron chi connectivity index (χ1n) is 6.57. The van der Waals surface area contributed by atoms with Gasteiger partial charge in [-0.2, -0.15) is 0 Å². The molecule has 0 aromatic rings. The maximum atomic E-state index is 10.5. The molecule has 0 spiro atoms. The lowest BCUT2D eigenvalue weighted by atomic mass is 9.82. The smallest absolute Gasteiger partial charge is 0.303 e. The minimum Gasteiger partial charge on any atom is -0.481 e. The molecule has 1 saturated heterocycles. The summed E-state index contributed by atoms with van der Waals surface area (Å²) in [5.74, 6) is 1.57. The second kappa shape index (κ2) is 5.17. The largest absolute Gasteiger partial charge is 0.481 e. The van der Waals surface area contributed by atoms with E-state index >= 15 is 0 Å². The molecule has 1 aliphatic carbocycles. The van der Waals surface area contributed by atoms with Crippen molar-refractivity contribution in [1.82, 2.24) is 4.90 Å². The van der Waals surface area contributed by atoms with Crippen molar-refractivity contribution < 1.29 is 9.90 Å². The summed E-state index contributed by atoms with van der Waals surface area (Å²) in [4.78, 5) is 13.0. The van der Waals surface area contributed by atoms with Gasteiger partial charge in [0.25, 0.3) is 0 Å². The van der Waals surface area contributed by atoms with Gasteiger partial charge in [-0.1, -0.05) is 19.8 Å². The Balaban J connectivity index is 1.60. The third kappa shape index (κ3) is 3.21. The van der Waals surface area contributed by atoms with Crippen molar-refractivity contribution in [2.24, 2.45) is 17.8 Å². The predicted octanol–water partition coefficient (Wildman–Crippen LogP) is 2.22. The zero-order chi connectivity index (χ0) is 11.5. The number of carbonyl (C=O) groups is 1. The highest BCUT2D eigenvalue weighted by Crippen LogP contribution is 2.30. The van der Waals surface area contributed by atoms with E-state index in [2.05, 4.69) is 11.8 Å². The number of likely N-dealkylation sites (tertiary alicyclic amines) is 1. The van der Waals surface area contributed by atoms with Gasteiger partial charge < -0.3 is 10.0 Å². The number of nitrogens with zero attached hydrogens (tertiary/aromatic N) is 1. The molecular weight excluding hydrogens is 202 g/mol. The van der Waals surface area contributed by atoms with Crippen molar-refractivity contribution in [3.05, 3.63) is 0 Å². The van der Waals surface area contributed by atoms with Crippen molar-refractivity contribution in [1.29, 1.82) is 0 Å².